The van der Waals surface area contributed by atoms with Gasteiger partial charge < -0.3 is 0 Å². The van der Waals surface area contributed by atoms with Gasteiger partial charge in [-0.3, -0.25) is 9.97 Å². The van der Waals surface area contributed by atoms with E-state index in [2.05, 4.69) is 16.2 Å². The lowest BCUT2D eigenvalue weighted by molar-refractivity contribution is -0.00737. The average Bonchev–Trinajstić information content (AvgIpc) is 2.28. The number of nitrogens with zero attached hydrogens (tertiary/aromatic N) is 2. The Balaban J connectivity index is 1.77. The van der Waals surface area contributed by atoms with Gasteiger partial charge in [0.2, 0.25) is 0 Å². The Labute approximate surface area is 96.5 Å². The van der Waals surface area contributed by atoms with E-state index in [1.54, 1.807) is 6.20 Å². The number of hydrogen-bond acceptors (Lipinski definition) is 2. The van der Waals surface area contributed by atoms with Gasteiger partial charge in [-0.15, -0.1) is 0 Å². The van der Waals surface area contributed by atoms with Crippen molar-refractivity contribution in [3.05, 3.63) is 24.3 Å². The molecule has 83 valence electrons. The van der Waals surface area contributed by atoms with Gasteiger partial charge in [0.15, 0.2) is 0 Å². The van der Waals surface area contributed by atoms with Crippen LogP contribution in [0.4, 0.5) is 0 Å². The van der Waals surface area contributed by atoms with Crippen LogP contribution < -0.4 is 0 Å². The summed E-state index contributed by atoms with van der Waals surface area (Å²) >= 11 is 0. The van der Waals surface area contributed by atoms with Crippen molar-refractivity contribution < 1.29 is 0 Å². The Morgan fingerprint density at radius 3 is 2.19 bits per heavy atom. The van der Waals surface area contributed by atoms with Crippen molar-refractivity contribution in [3.63, 3.8) is 0 Å². The van der Waals surface area contributed by atoms with E-state index in [1.165, 1.54) is 44.2 Å². The highest BCUT2D eigenvalue weighted by Crippen LogP contribution is 2.60. The van der Waals surface area contributed by atoms with E-state index >= 15 is 0 Å². The predicted molar refractivity (Wildman–Crippen MR) is 60.7 cm³/mol. The Morgan fingerprint density at radius 2 is 1.69 bits per heavy atom. The molecule has 2 nitrogen and oxygen atoms in total. The molecule has 4 fully saturated rings. The molecule has 0 N–H and O–H groups in total. The summed E-state index contributed by atoms with van der Waals surface area (Å²) in [5.74, 6) is 2.95. The monoisotopic (exact) mass is 213 g/mol. The van der Waals surface area contributed by atoms with Crippen LogP contribution in [0.3, 0.4) is 0 Å². The van der Waals surface area contributed by atoms with Crippen LogP contribution in [0.1, 0.15) is 44.2 Å². The first-order chi connectivity index (χ1) is 7.84. The lowest BCUT2D eigenvalue weighted by Crippen LogP contribution is -2.48. The Hall–Kier alpha value is -0.920. The molecule has 0 spiro atoms. The second-order valence-corrected chi connectivity index (χ2v) is 6.23. The first-order valence-electron chi connectivity index (χ1n) is 6.53. The zero-order valence-electron chi connectivity index (χ0n) is 9.52. The zero-order chi connectivity index (χ0) is 10.6. The van der Waals surface area contributed by atoms with Crippen molar-refractivity contribution in [2.75, 3.05) is 0 Å². The SMILES string of the molecule is [c]1cnc(C23CC4CC(CC(C4)C2)C3)cn1. The second-order valence-electron chi connectivity index (χ2n) is 6.23. The summed E-state index contributed by atoms with van der Waals surface area (Å²) in [5, 5.41) is 0. The molecule has 2 heteroatoms. The molecule has 0 unspecified atom stereocenters. The Kier molecular flexibility index (Phi) is 1.75. The maximum Gasteiger partial charge on any atom is 0.108 e. The van der Waals surface area contributed by atoms with Gasteiger partial charge in [0.1, 0.15) is 6.20 Å². The molecule has 5 rings (SSSR count). The molecule has 0 atom stereocenters. The molecule has 0 saturated heterocycles. The summed E-state index contributed by atoms with van der Waals surface area (Å²) in [5.41, 5.74) is 1.65. The van der Waals surface area contributed by atoms with Gasteiger partial charge in [0.25, 0.3) is 0 Å². The molecule has 1 aromatic rings. The summed E-state index contributed by atoms with van der Waals surface area (Å²) in [6, 6.07) is 0. The van der Waals surface area contributed by atoms with Crippen molar-refractivity contribution in [2.24, 2.45) is 17.8 Å². The molecule has 1 aromatic heterocycles. The third-order valence-electron chi connectivity index (χ3n) is 5.10. The topological polar surface area (TPSA) is 25.8 Å². The van der Waals surface area contributed by atoms with Gasteiger partial charge in [0.05, 0.1) is 11.9 Å². The minimum absolute atomic E-state index is 0.400. The van der Waals surface area contributed by atoms with E-state index in [-0.39, 0.29) is 0 Å². The van der Waals surface area contributed by atoms with E-state index in [9.17, 15) is 0 Å². The maximum atomic E-state index is 4.55. The highest BCUT2D eigenvalue weighted by atomic mass is 14.8. The third kappa shape index (κ3) is 1.19. The first-order valence-corrected chi connectivity index (χ1v) is 6.53. The normalized spacial score (nSPS) is 44.9. The predicted octanol–water partition coefficient (Wildman–Crippen LogP) is 2.74. The van der Waals surface area contributed by atoms with Crippen molar-refractivity contribution >= 4 is 0 Å². The number of rotatable bonds is 1. The molecule has 0 aromatic carbocycles. The highest BCUT2D eigenvalue weighted by molar-refractivity contribution is 5.20. The molecule has 4 aliphatic rings. The van der Waals surface area contributed by atoms with Crippen molar-refractivity contribution in [1.29, 1.82) is 0 Å². The lowest BCUT2D eigenvalue weighted by Gasteiger charge is -2.56. The third-order valence-corrected chi connectivity index (χ3v) is 5.10. The van der Waals surface area contributed by atoms with Crippen molar-refractivity contribution in [2.45, 2.75) is 43.9 Å². The van der Waals surface area contributed by atoms with E-state index in [0.29, 0.717) is 5.41 Å². The molecule has 4 aliphatic carbocycles. The van der Waals surface area contributed by atoms with Crippen molar-refractivity contribution in [3.8, 4) is 0 Å². The fourth-order valence-corrected chi connectivity index (χ4v) is 4.96. The molecule has 4 bridgehead atoms. The smallest absolute Gasteiger partial charge is 0.108 e. The number of hydrogen-bond donors (Lipinski definition) is 0. The minimum atomic E-state index is 0.400. The Bertz CT molecular complexity index is 363. The van der Waals surface area contributed by atoms with Gasteiger partial charge in [-0.05, 0) is 56.3 Å². The van der Waals surface area contributed by atoms with E-state index in [0.717, 1.165) is 17.8 Å². The minimum Gasteiger partial charge on any atom is -0.257 e. The molecular weight excluding hydrogens is 196 g/mol. The van der Waals surface area contributed by atoms with Gasteiger partial charge in [0, 0.05) is 11.6 Å². The van der Waals surface area contributed by atoms with Gasteiger partial charge in [-0.2, -0.15) is 0 Å². The average molecular weight is 213 g/mol. The Morgan fingerprint density at radius 1 is 1.06 bits per heavy atom. The molecule has 16 heavy (non-hydrogen) atoms. The first kappa shape index (κ1) is 9.15. The second kappa shape index (κ2) is 3.06. The summed E-state index contributed by atoms with van der Waals surface area (Å²) < 4.78 is 0. The summed E-state index contributed by atoms with van der Waals surface area (Å²) in [6.07, 6.45) is 15.1. The van der Waals surface area contributed by atoms with Crippen LogP contribution in [0.5, 0.6) is 0 Å². The molecule has 0 amide bonds. The van der Waals surface area contributed by atoms with Gasteiger partial charge in [-0.25, -0.2) is 0 Å². The van der Waals surface area contributed by atoms with Crippen LogP contribution in [0.2, 0.25) is 0 Å². The highest BCUT2D eigenvalue weighted by Gasteiger charge is 2.52. The van der Waals surface area contributed by atoms with Crippen LogP contribution in [-0.2, 0) is 5.41 Å². The summed E-state index contributed by atoms with van der Waals surface area (Å²) in [7, 11) is 0. The van der Waals surface area contributed by atoms with E-state index in [1.807, 2.05) is 6.20 Å². The fourth-order valence-electron chi connectivity index (χ4n) is 4.96. The van der Waals surface area contributed by atoms with Crippen LogP contribution in [-0.4, -0.2) is 9.97 Å². The maximum absolute atomic E-state index is 4.55. The molecular formula is C14H17N2. The van der Waals surface area contributed by atoms with Crippen LogP contribution in [0.25, 0.3) is 0 Å². The molecule has 0 aliphatic heterocycles. The van der Waals surface area contributed by atoms with E-state index < -0.39 is 0 Å². The van der Waals surface area contributed by atoms with E-state index in [4.69, 9.17) is 0 Å². The summed E-state index contributed by atoms with van der Waals surface area (Å²) in [6.45, 7) is 0. The lowest BCUT2D eigenvalue weighted by atomic mass is 9.49. The van der Waals surface area contributed by atoms with Crippen molar-refractivity contribution in [1.82, 2.24) is 9.97 Å². The largest absolute Gasteiger partial charge is 0.257 e. The zero-order valence-corrected chi connectivity index (χ0v) is 9.52. The van der Waals surface area contributed by atoms with Crippen LogP contribution in [0, 0.1) is 24.0 Å². The quantitative estimate of drug-likeness (QED) is 0.717. The number of aromatic nitrogens is 2. The summed E-state index contributed by atoms with van der Waals surface area (Å²) in [4.78, 5) is 8.71. The molecule has 4 saturated carbocycles. The van der Waals surface area contributed by atoms with Gasteiger partial charge in [-0.1, -0.05) is 0 Å². The van der Waals surface area contributed by atoms with Crippen LogP contribution >= 0.6 is 0 Å². The van der Waals surface area contributed by atoms with Crippen LogP contribution in [0.15, 0.2) is 12.4 Å². The fraction of sp³-hybridized carbons (Fsp3) is 0.714. The standard InChI is InChI=1S/C14H17N2/c1-2-16-13(9-15-1)14-6-10-3-11(7-14)5-12(4-10)8-14/h2,9-12H,3-8H2. The molecule has 1 heterocycles. The van der Waals surface area contributed by atoms with Gasteiger partial charge >= 0.3 is 0 Å². The molecule has 1 radical (unpaired) electrons.